The SMILES string of the molecule is CN(C)S(=O)(=O)N1CCCN(S(=O)(=O)c2cn(C)cn2)CC1. The number of aryl methyl sites for hydroxylation is 1. The lowest BCUT2D eigenvalue weighted by Gasteiger charge is -2.24. The number of hydrogen-bond acceptors (Lipinski definition) is 5. The van der Waals surface area contributed by atoms with Gasteiger partial charge in [0, 0.05) is 53.5 Å². The lowest BCUT2D eigenvalue weighted by atomic mass is 10.4. The van der Waals surface area contributed by atoms with E-state index in [2.05, 4.69) is 4.98 Å². The minimum absolute atomic E-state index is 0.0149. The van der Waals surface area contributed by atoms with Crippen molar-refractivity contribution >= 4 is 20.2 Å². The van der Waals surface area contributed by atoms with E-state index in [0.717, 1.165) is 4.31 Å². The third-order valence-corrected chi connectivity index (χ3v) is 7.21. The monoisotopic (exact) mass is 351 g/mol. The predicted octanol–water partition coefficient (Wildman–Crippen LogP) is -1.08. The lowest BCUT2D eigenvalue weighted by molar-refractivity contribution is 0.378. The standard InChI is InChI=1S/C11H21N5O4S2/c1-13(2)22(19,20)16-6-4-5-15(7-8-16)21(17,18)11-9-14(3)10-12-11/h9-10H,4-8H2,1-3H3. The second kappa shape index (κ2) is 6.24. The maximum Gasteiger partial charge on any atom is 0.281 e. The summed E-state index contributed by atoms with van der Waals surface area (Å²) in [6.45, 7) is 0.825. The Balaban J connectivity index is 2.17. The van der Waals surface area contributed by atoms with Gasteiger partial charge in [-0.15, -0.1) is 0 Å². The summed E-state index contributed by atoms with van der Waals surface area (Å²) in [7, 11) is -2.60. The molecule has 0 radical (unpaired) electrons. The van der Waals surface area contributed by atoms with Crippen LogP contribution >= 0.6 is 0 Å². The predicted molar refractivity (Wildman–Crippen MR) is 80.8 cm³/mol. The van der Waals surface area contributed by atoms with Gasteiger partial charge in [0.1, 0.15) is 0 Å². The van der Waals surface area contributed by atoms with E-state index < -0.39 is 20.2 Å². The van der Waals surface area contributed by atoms with Crippen molar-refractivity contribution in [1.29, 1.82) is 0 Å². The van der Waals surface area contributed by atoms with Crippen molar-refractivity contribution in [3.05, 3.63) is 12.5 Å². The van der Waals surface area contributed by atoms with Crippen LogP contribution in [0.1, 0.15) is 6.42 Å². The summed E-state index contributed by atoms with van der Waals surface area (Å²) in [5, 5.41) is -0.0149. The van der Waals surface area contributed by atoms with Crippen LogP contribution in [0.15, 0.2) is 17.6 Å². The quantitative estimate of drug-likeness (QED) is 0.688. The molecular weight excluding hydrogens is 330 g/mol. The first-order chi connectivity index (χ1) is 10.2. The number of imidazole rings is 1. The topological polar surface area (TPSA) is 95.8 Å². The van der Waals surface area contributed by atoms with Gasteiger partial charge >= 0.3 is 0 Å². The number of sulfonamides is 1. The highest BCUT2D eigenvalue weighted by molar-refractivity contribution is 7.89. The molecule has 22 heavy (non-hydrogen) atoms. The molecule has 1 aromatic rings. The van der Waals surface area contributed by atoms with E-state index in [-0.39, 0.29) is 24.7 Å². The van der Waals surface area contributed by atoms with Crippen LogP contribution < -0.4 is 0 Å². The van der Waals surface area contributed by atoms with Crippen molar-refractivity contribution < 1.29 is 16.8 Å². The van der Waals surface area contributed by atoms with Crippen LogP contribution in [0.25, 0.3) is 0 Å². The Kier molecular flexibility index (Phi) is 4.92. The van der Waals surface area contributed by atoms with E-state index in [1.807, 2.05) is 0 Å². The molecule has 0 saturated carbocycles. The Bertz CT molecular complexity index is 725. The van der Waals surface area contributed by atoms with Crippen molar-refractivity contribution in [3.63, 3.8) is 0 Å². The summed E-state index contributed by atoms with van der Waals surface area (Å²) >= 11 is 0. The Morgan fingerprint density at radius 2 is 1.64 bits per heavy atom. The molecule has 9 nitrogen and oxygen atoms in total. The molecule has 0 N–H and O–H groups in total. The van der Waals surface area contributed by atoms with Gasteiger partial charge in [-0.1, -0.05) is 0 Å². The fraction of sp³-hybridized carbons (Fsp3) is 0.727. The molecule has 1 aromatic heterocycles. The second-order valence-electron chi connectivity index (χ2n) is 5.32. The van der Waals surface area contributed by atoms with Crippen molar-refractivity contribution in [2.24, 2.45) is 7.05 Å². The zero-order valence-electron chi connectivity index (χ0n) is 12.9. The molecule has 0 bridgehead atoms. The molecule has 0 amide bonds. The van der Waals surface area contributed by atoms with Gasteiger partial charge in [0.25, 0.3) is 20.2 Å². The highest BCUT2D eigenvalue weighted by Gasteiger charge is 2.32. The van der Waals surface area contributed by atoms with Gasteiger partial charge in [0.15, 0.2) is 5.03 Å². The molecule has 0 unspecified atom stereocenters. The fourth-order valence-electron chi connectivity index (χ4n) is 2.23. The summed E-state index contributed by atoms with van der Waals surface area (Å²) in [6, 6.07) is 0. The van der Waals surface area contributed by atoms with Crippen LogP contribution in [-0.4, -0.2) is 79.6 Å². The molecule has 126 valence electrons. The largest absolute Gasteiger partial charge is 0.339 e. The Hall–Kier alpha value is -1.01. The number of hydrogen-bond donors (Lipinski definition) is 0. The normalized spacial score (nSPS) is 19.5. The molecule has 0 aliphatic carbocycles. The first-order valence-corrected chi connectivity index (χ1v) is 9.65. The summed E-state index contributed by atoms with van der Waals surface area (Å²) in [5.74, 6) is 0. The van der Waals surface area contributed by atoms with Crippen molar-refractivity contribution in [2.75, 3.05) is 40.3 Å². The number of rotatable bonds is 4. The fourth-order valence-corrected chi connectivity index (χ4v) is 4.80. The number of aromatic nitrogens is 2. The summed E-state index contributed by atoms with van der Waals surface area (Å²) in [5.41, 5.74) is 0. The van der Waals surface area contributed by atoms with Gasteiger partial charge in [0.05, 0.1) is 6.33 Å². The molecule has 1 aliphatic heterocycles. The summed E-state index contributed by atoms with van der Waals surface area (Å²) in [4.78, 5) is 3.88. The van der Waals surface area contributed by atoms with Crippen LogP contribution in [0.4, 0.5) is 0 Å². The molecule has 0 spiro atoms. The molecule has 0 atom stereocenters. The molecular formula is C11H21N5O4S2. The zero-order chi connectivity index (χ0) is 16.5. The molecule has 2 heterocycles. The molecule has 1 aliphatic rings. The van der Waals surface area contributed by atoms with Crippen molar-refractivity contribution in [1.82, 2.24) is 22.5 Å². The van der Waals surface area contributed by atoms with Gasteiger partial charge in [-0.05, 0) is 6.42 Å². The van der Waals surface area contributed by atoms with E-state index in [0.29, 0.717) is 13.0 Å². The first-order valence-electron chi connectivity index (χ1n) is 6.81. The highest BCUT2D eigenvalue weighted by Crippen LogP contribution is 2.17. The minimum Gasteiger partial charge on any atom is -0.339 e. The lowest BCUT2D eigenvalue weighted by Crippen LogP contribution is -2.42. The Morgan fingerprint density at radius 3 is 2.18 bits per heavy atom. The van der Waals surface area contributed by atoms with Crippen LogP contribution in [0, 0.1) is 0 Å². The third kappa shape index (κ3) is 3.33. The van der Waals surface area contributed by atoms with Gasteiger partial charge in [-0.3, -0.25) is 0 Å². The Labute approximate surface area is 131 Å². The van der Waals surface area contributed by atoms with Crippen LogP contribution in [0.3, 0.4) is 0 Å². The van der Waals surface area contributed by atoms with E-state index in [9.17, 15) is 16.8 Å². The van der Waals surface area contributed by atoms with E-state index in [1.165, 1.54) is 35.2 Å². The smallest absolute Gasteiger partial charge is 0.281 e. The van der Waals surface area contributed by atoms with Crippen LogP contribution in [0.5, 0.6) is 0 Å². The minimum atomic E-state index is -3.69. The van der Waals surface area contributed by atoms with Gasteiger partial charge in [-0.25, -0.2) is 13.4 Å². The molecule has 1 saturated heterocycles. The summed E-state index contributed by atoms with van der Waals surface area (Å²) in [6.07, 6.45) is 3.31. The molecule has 11 heteroatoms. The Morgan fingerprint density at radius 1 is 1.05 bits per heavy atom. The van der Waals surface area contributed by atoms with Gasteiger partial charge in [-0.2, -0.15) is 21.3 Å². The zero-order valence-corrected chi connectivity index (χ0v) is 14.5. The maximum atomic E-state index is 12.5. The number of nitrogens with zero attached hydrogens (tertiary/aromatic N) is 5. The van der Waals surface area contributed by atoms with Crippen LogP contribution in [-0.2, 0) is 27.3 Å². The molecule has 0 aromatic carbocycles. The first kappa shape index (κ1) is 17.3. The van der Waals surface area contributed by atoms with Crippen molar-refractivity contribution in [2.45, 2.75) is 11.4 Å². The third-order valence-electron chi connectivity index (χ3n) is 3.49. The molecule has 1 fully saturated rings. The molecule has 2 rings (SSSR count). The van der Waals surface area contributed by atoms with Gasteiger partial charge < -0.3 is 4.57 Å². The van der Waals surface area contributed by atoms with E-state index >= 15 is 0 Å². The van der Waals surface area contributed by atoms with Crippen LogP contribution in [0.2, 0.25) is 0 Å². The van der Waals surface area contributed by atoms with Gasteiger partial charge in [0.2, 0.25) is 0 Å². The highest BCUT2D eigenvalue weighted by atomic mass is 32.2. The second-order valence-corrected chi connectivity index (χ2v) is 9.35. The maximum absolute atomic E-state index is 12.5. The van der Waals surface area contributed by atoms with E-state index in [4.69, 9.17) is 0 Å². The van der Waals surface area contributed by atoms with Crippen molar-refractivity contribution in [3.8, 4) is 0 Å². The van der Waals surface area contributed by atoms with E-state index in [1.54, 1.807) is 11.6 Å². The average Bonchev–Trinajstić information content (AvgIpc) is 2.73. The summed E-state index contributed by atoms with van der Waals surface area (Å²) < 4.78 is 54.6. The average molecular weight is 351 g/mol.